The molecule has 1 N–H and O–H groups in total. The molecule has 0 bridgehead atoms. The van der Waals surface area contributed by atoms with E-state index in [-0.39, 0.29) is 25.1 Å². The number of carbonyl (C=O) groups excluding carboxylic acids is 2. The van der Waals surface area contributed by atoms with E-state index in [9.17, 15) is 14.7 Å². The highest BCUT2D eigenvalue weighted by molar-refractivity contribution is 7.12. The second kappa shape index (κ2) is 10.6. The lowest BCUT2D eigenvalue weighted by molar-refractivity contribution is -0.00385. The fourth-order valence-corrected chi connectivity index (χ4v) is 5.16. The highest BCUT2D eigenvalue weighted by atomic mass is 35.5. The lowest BCUT2D eigenvalue weighted by Crippen LogP contribution is -2.49. The molecule has 0 spiro atoms. The van der Waals surface area contributed by atoms with Crippen LogP contribution in [0.1, 0.15) is 49.8 Å². The van der Waals surface area contributed by atoms with E-state index >= 15 is 0 Å². The minimum absolute atomic E-state index is 0.0415. The number of likely N-dealkylation sites (tertiary alicyclic amines) is 1. The quantitative estimate of drug-likeness (QED) is 0.373. The fraction of sp³-hybridized carbons (Fsp3) is 0.231. The van der Waals surface area contributed by atoms with Crippen LogP contribution >= 0.6 is 22.9 Å². The van der Waals surface area contributed by atoms with Gasteiger partial charge < -0.3 is 14.7 Å². The van der Waals surface area contributed by atoms with Crippen molar-refractivity contribution >= 4 is 34.8 Å². The Hall–Kier alpha value is -3.53. The van der Waals surface area contributed by atoms with E-state index < -0.39 is 18.1 Å². The first-order valence-corrected chi connectivity index (χ1v) is 12.7. The summed E-state index contributed by atoms with van der Waals surface area (Å²) in [4.78, 5) is 27.8. The number of benzene rings is 2. The molecule has 4 aromatic rings. The Labute approximate surface area is 216 Å². The first-order chi connectivity index (χ1) is 17.5. The molecule has 1 aliphatic heterocycles. The Morgan fingerprint density at radius 1 is 1.08 bits per heavy atom. The number of β-amino-alcohol motifs (C(OH)–C–C–N with tert-alkyl or cyclic N) is 1. The molecule has 0 aliphatic carbocycles. The molecule has 2 aromatic carbocycles. The van der Waals surface area contributed by atoms with E-state index in [1.54, 1.807) is 58.2 Å². The standard InChI is InChI=1S/C26H23ClN4O4S/c27-19-10-8-17(9-11-19)21-13-22(23(32)15-30(21)25(33)24-7-4-12-36-24)31-14-20(28-29-31)16-35-26(34)18-5-2-1-3-6-18/h1-12,14,21-23,32H,13,15-16H2/t21-,22+,23-/m1/s1. The second-order valence-electron chi connectivity index (χ2n) is 8.50. The largest absolute Gasteiger partial charge is 0.455 e. The maximum atomic E-state index is 13.3. The molecule has 10 heteroatoms. The van der Waals surface area contributed by atoms with Crippen molar-refractivity contribution in [2.75, 3.05) is 6.54 Å². The smallest absolute Gasteiger partial charge is 0.338 e. The van der Waals surface area contributed by atoms with Gasteiger partial charge in [0.15, 0.2) is 0 Å². The van der Waals surface area contributed by atoms with E-state index in [0.29, 0.717) is 27.6 Å². The number of hydrogen-bond donors (Lipinski definition) is 1. The van der Waals surface area contributed by atoms with Gasteiger partial charge in [-0.3, -0.25) is 4.79 Å². The van der Waals surface area contributed by atoms with Gasteiger partial charge in [0, 0.05) is 11.6 Å². The molecule has 2 aromatic heterocycles. The normalized spacial score (nSPS) is 19.7. The van der Waals surface area contributed by atoms with Crippen molar-refractivity contribution < 1.29 is 19.4 Å². The summed E-state index contributed by atoms with van der Waals surface area (Å²) in [5.41, 5.74) is 1.83. The molecular weight excluding hydrogens is 500 g/mol. The van der Waals surface area contributed by atoms with Crippen molar-refractivity contribution in [3.63, 3.8) is 0 Å². The maximum Gasteiger partial charge on any atom is 0.338 e. The number of esters is 1. The average molecular weight is 523 g/mol. The highest BCUT2D eigenvalue weighted by Crippen LogP contribution is 2.38. The van der Waals surface area contributed by atoms with Crippen LogP contribution in [0, 0.1) is 0 Å². The number of aliphatic hydroxyl groups excluding tert-OH is 1. The van der Waals surface area contributed by atoms with Crippen LogP contribution in [-0.4, -0.2) is 49.5 Å². The van der Waals surface area contributed by atoms with Crippen molar-refractivity contribution in [2.24, 2.45) is 0 Å². The SMILES string of the molecule is O=C(OCc1cn([C@H]2C[C@H](c3ccc(Cl)cc3)N(C(=O)c3cccs3)C[C@H]2O)nn1)c1ccccc1. The number of halogens is 1. The summed E-state index contributed by atoms with van der Waals surface area (Å²) < 4.78 is 6.94. The zero-order valence-corrected chi connectivity index (χ0v) is 20.7. The number of carbonyl (C=O) groups is 2. The third kappa shape index (κ3) is 5.18. The minimum atomic E-state index is -0.862. The topological polar surface area (TPSA) is 97.5 Å². The van der Waals surface area contributed by atoms with Gasteiger partial charge in [-0.25, -0.2) is 9.48 Å². The first kappa shape index (κ1) is 24.2. The Balaban J connectivity index is 1.34. The molecule has 1 saturated heterocycles. The molecule has 1 aliphatic rings. The number of hydrogen-bond acceptors (Lipinski definition) is 7. The molecule has 0 radical (unpaired) electrons. The van der Waals surface area contributed by atoms with E-state index in [1.807, 2.05) is 29.6 Å². The maximum absolute atomic E-state index is 13.3. The zero-order chi connectivity index (χ0) is 25.1. The molecule has 0 unspecified atom stereocenters. The number of thiophene rings is 1. The van der Waals surface area contributed by atoms with Crippen LogP contribution in [0.25, 0.3) is 0 Å². The fourth-order valence-electron chi connectivity index (χ4n) is 4.35. The van der Waals surface area contributed by atoms with Gasteiger partial charge >= 0.3 is 5.97 Å². The number of piperidine rings is 1. The van der Waals surface area contributed by atoms with Gasteiger partial charge in [0.1, 0.15) is 12.3 Å². The number of rotatable bonds is 6. The van der Waals surface area contributed by atoms with Gasteiger partial charge in [0.2, 0.25) is 0 Å². The van der Waals surface area contributed by atoms with E-state index in [1.165, 1.54) is 11.3 Å². The Kier molecular flexibility index (Phi) is 7.13. The van der Waals surface area contributed by atoms with Gasteiger partial charge in [0.25, 0.3) is 5.91 Å². The molecule has 36 heavy (non-hydrogen) atoms. The summed E-state index contributed by atoms with van der Waals surface area (Å²) in [6, 6.07) is 19.0. The third-order valence-electron chi connectivity index (χ3n) is 6.17. The van der Waals surface area contributed by atoms with Crippen LogP contribution in [0.5, 0.6) is 0 Å². The predicted molar refractivity (Wildman–Crippen MR) is 135 cm³/mol. The summed E-state index contributed by atoms with van der Waals surface area (Å²) in [6.07, 6.45) is 1.23. The number of ether oxygens (including phenoxy) is 1. The van der Waals surface area contributed by atoms with Crippen LogP contribution < -0.4 is 0 Å². The van der Waals surface area contributed by atoms with Gasteiger partial charge in [-0.05, 0) is 47.7 Å². The van der Waals surface area contributed by atoms with Crippen LogP contribution in [0.2, 0.25) is 5.02 Å². The summed E-state index contributed by atoms with van der Waals surface area (Å²) >= 11 is 7.46. The second-order valence-corrected chi connectivity index (χ2v) is 9.89. The molecule has 1 amide bonds. The Bertz CT molecular complexity index is 1330. The number of amides is 1. The van der Waals surface area contributed by atoms with Crippen molar-refractivity contribution in [1.29, 1.82) is 0 Å². The van der Waals surface area contributed by atoms with Crippen LogP contribution in [0.3, 0.4) is 0 Å². The van der Waals surface area contributed by atoms with E-state index in [4.69, 9.17) is 16.3 Å². The summed E-state index contributed by atoms with van der Waals surface area (Å²) in [6.45, 7) is 0.0903. The Morgan fingerprint density at radius 2 is 1.86 bits per heavy atom. The van der Waals surface area contributed by atoms with Gasteiger partial charge in [-0.15, -0.1) is 16.4 Å². The molecule has 0 saturated carbocycles. The summed E-state index contributed by atoms with van der Waals surface area (Å²) in [5, 5.41) is 21.8. The predicted octanol–water partition coefficient (Wildman–Crippen LogP) is 4.54. The number of aromatic nitrogens is 3. The van der Waals surface area contributed by atoms with Crippen LogP contribution in [-0.2, 0) is 11.3 Å². The van der Waals surface area contributed by atoms with Crippen molar-refractivity contribution in [3.05, 3.63) is 105 Å². The summed E-state index contributed by atoms with van der Waals surface area (Å²) in [7, 11) is 0. The highest BCUT2D eigenvalue weighted by Gasteiger charge is 2.40. The van der Waals surface area contributed by atoms with Crippen molar-refractivity contribution in [3.8, 4) is 0 Å². The van der Waals surface area contributed by atoms with Crippen molar-refractivity contribution in [1.82, 2.24) is 19.9 Å². The molecule has 184 valence electrons. The monoisotopic (exact) mass is 522 g/mol. The van der Waals surface area contributed by atoms with Gasteiger partial charge in [-0.1, -0.05) is 53.2 Å². The number of nitrogens with zero attached hydrogens (tertiary/aromatic N) is 4. The first-order valence-electron chi connectivity index (χ1n) is 11.4. The van der Waals surface area contributed by atoms with Gasteiger partial charge in [-0.2, -0.15) is 0 Å². The van der Waals surface area contributed by atoms with E-state index in [0.717, 1.165) is 5.56 Å². The van der Waals surface area contributed by atoms with Crippen LogP contribution in [0.15, 0.2) is 78.3 Å². The molecule has 3 atom stereocenters. The van der Waals surface area contributed by atoms with Crippen molar-refractivity contribution in [2.45, 2.75) is 31.2 Å². The Morgan fingerprint density at radius 3 is 2.58 bits per heavy atom. The van der Waals surface area contributed by atoms with Gasteiger partial charge in [0.05, 0.1) is 34.8 Å². The molecule has 3 heterocycles. The molecule has 1 fully saturated rings. The lowest BCUT2D eigenvalue weighted by Gasteiger charge is -2.42. The molecule has 5 rings (SSSR count). The third-order valence-corrected chi connectivity index (χ3v) is 7.28. The minimum Gasteiger partial charge on any atom is -0.455 e. The average Bonchev–Trinajstić information content (AvgIpc) is 3.61. The molecular formula is C26H23ClN4O4S. The lowest BCUT2D eigenvalue weighted by atomic mass is 9.90. The van der Waals surface area contributed by atoms with E-state index in [2.05, 4.69) is 10.3 Å². The molecule has 8 nitrogen and oxygen atoms in total. The van der Waals surface area contributed by atoms with Crippen LogP contribution in [0.4, 0.5) is 0 Å². The zero-order valence-electron chi connectivity index (χ0n) is 19.1. The number of aliphatic hydroxyl groups is 1. The summed E-state index contributed by atoms with van der Waals surface area (Å²) in [5.74, 6) is -0.581.